The first-order valence-corrected chi connectivity index (χ1v) is 10.2. The highest BCUT2D eigenvalue weighted by molar-refractivity contribution is 7.90. The molecule has 1 aromatic heterocycles. The van der Waals surface area contributed by atoms with Gasteiger partial charge >= 0.3 is 4.87 Å². The van der Waals surface area contributed by atoms with Gasteiger partial charge in [-0.05, 0) is 42.8 Å². The first-order valence-electron chi connectivity index (χ1n) is 7.44. The number of benzene rings is 2. The zero-order chi connectivity index (χ0) is 19.1. The summed E-state index contributed by atoms with van der Waals surface area (Å²) in [6.07, 6.45) is 0.936. The normalized spacial score (nSPS) is 11.3. The summed E-state index contributed by atoms with van der Waals surface area (Å²) in [6.45, 7) is 1.76. The van der Waals surface area contributed by atoms with Gasteiger partial charge in [-0.3, -0.25) is 9.36 Å². The van der Waals surface area contributed by atoms with Crippen LogP contribution in [0.1, 0.15) is 11.1 Å². The van der Waals surface area contributed by atoms with Crippen LogP contribution in [0, 0.1) is 24.1 Å². The van der Waals surface area contributed by atoms with Gasteiger partial charge in [0, 0.05) is 17.2 Å². The van der Waals surface area contributed by atoms with E-state index >= 15 is 0 Å². The smallest absolute Gasteiger partial charge is 0.267 e. The molecule has 0 N–H and O–H groups in total. The average Bonchev–Trinajstić information content (AvgIpc) is 2.95. The van der Waals surface area contributed by atoms with Crippen molar-refractivity contribution in [1.29, 1.82) is 5.26 Å². The number of nitriles is 1. The maximum atomic E-state index is 14.2. The van der Waals surface area contributed by atoms with Gasteiger partial charge in [-0.15, -0.1) is 0 Å². The first-order chi connectivity index (χ1) is 12.2. The van der Waals surface area contributed by atoms with E-state index in [0.717, 1.165) is 23.7 Å². The van der Waals surface area contributed by atoms with E-state index in [-0.39, 0.29) is 9.77 Å². The highest BCUT2D eigenvalue weighted by atomic mass is 32.2. The number of hydrogen-bond acceptors (Lipinski definition) is 5. The lowest BCUT2D eigenvalue weighted by Crippen LogP contribution is -2.12. The van der Waals surface area contributed by atoms with E-state index in [1.807, 2.05) is 0 Å². The van der Waals surface area contributed by atoms with Crippen molar-refractivity contribution in [2.75, 3.05) is 6.26 Å². The Labute approximate surface area is 153 Å². The van der Waals surface area contributed by atoms with Crippen LogP contribution in [-0.4, -0.2) is 19.2 Å². The monoisotopic (exact) mass is 388 g/mol. The molecule has 26 heavy (non-hydrogen) atoms. The van der Waals surface area contributed by atoms with E-state index in [1.54, 1.807) is 30.5 Å². The number of aromatic nitrogens is 1. The molecule has 1 heterocycles. The fourth-order valence-corrected chi connectivity index (χ4v) is 4.12. The molecule has 0 atom stereocenters. The molecular weight excluding hydrogens is 375 g/mol. The van der Waals surface area contributed by atoms with Gasteiger partial charge in [0.2, 0.25) is 0 Å². The minimum absolute atomic E-state index is 0.267. The molecule has 5 nitrogen and oxygen atoms in total. The number of halogens is 1. The predicted octanol–water partition coefficient (Wildman–Crippen LogP) is 3.29. The van der Waals surface area contributed by atoms with Crippen LogP contribution in [0.3, 0.4) is 0 Å². The Morgan fingerprint density at radius 1 is 1.19 bits per heavy atom. The summed E-state index contributed by atoms with van der Waals surface area (Å²) in [7, 11) is -3.67. The Hall–Kier alpha value is -2.76. The zero-order valence-electron chi connectivity index (χ0n) is 13.9. The van der Waals surface area contributed by atoms with Gasteiger partial charge in [-0.1, -0.05) is 17.4 Å². The van der Waals surface area contributed by atoms with Crippen LogP contribution in [0.4, 0.5) is 4.39 Å². The first kappa shape index (κ1) is 18.0. The molecule has 2 aromatic carbocycles. The zero-order valence-corrected chi connectivity index (χ0v) is 15.5. The summed E-state index contributed by atoms with van der Waals surface area (Å²) in [5, 5.41) is 10.6. The quantitative estimate of drug-likeness (QED) is 0.690. The van der Waals surface area contributed by atoms with Crippen LogP contribution in [0.15, 0.2) is 51.5 Å². The minimum atomic E-state index is -3.67. The number of thiazole rings is 1. The molecule has 3 aromatic rings. The molecule has 0 spiro atoms. The molecule has 0 aliphatic carbocycles. The number of aryl methyl sites for hydroxylation is 1. The van der Waals surface area contributed by atoms with E-state index in [2.05, 4.69) is 6.07 Å². The van der Waals surface area contributed by atoms with Crippen LogP contribution in [0.2, 0.25) is 0 Å². The third-order valence-electron chi connectivity index (χ3n) is 3.91. The van der Waals surface area contributed by atoms with E-state index < -0.39 is 15.7 Å². The van der Waals surface area contributed by atoms with Crippen LogP contribution >= 0.6 is 11.3 Å². The SMILES string of the molecule is Cc1cc(-n2c(-c3ccc(S(C)(=O)=O)c(F)c3)csc2=O)ccc1C#N. The van der Waals surface area contributed by atoms with Crippen molar-refractivity contribution in [2.24, 2.45) is 0 Å². The molecule has 0 saturated carbocycles. The van der Waals surface area contributed by atoms with Crippen molar-refractivity contribution in [3.05, 3.63) is 68.4 Å². The summed E-state index contributed by atoms with van der Waals surface area (Å²) in [4.78, 5) is 11.7. The molecule has 0 saturated heterocycles. The lowest BCUT2D eigenvalue weighted by Gasteiger charge is -2.10. The predicted molar refractivity (Wildman–Crippen MR) is 97.9 cm³/mol. The Morgan fingerprint density at radius 3 is 2.50 bits per heavy atom. The Balaban J connectivity index is 2.18. The van der Waals surface area contributed by atoms with E-state index in [9.17, 15) is 17.6 Å². The van der Waals surface area contributed by atoms with Gasteiger partial charge in [0.1, 0.15) is 10.7 Å². The van der Waals surface area contributed by atoms with Gasteiger partial charge in [0.05, 0.1) is 23.0 Å². The Kier molecular flexibility index (Phi) is 4.52. The van der Waals surface area contributed by atoms with Crippen LogP contribution in [-0.2, 0) is 9.84 Å². The topological polar surface area (TPSA) is 79.9 Å². The molecule has 0 amide bonds. The largest absolute Gasteiger partial charge is 0.312 e. The van der Waals surface area contributed by atoms with Gasteiger partial charge in [-0.25, -0.2) is 12.8 Å². The summed E-state index contributed by atoms with van der Waals surface area (Å²) in [6, 6.07) is 10.8. The van der Waals surface area contributed by atoms with Gasteiger partial charge in [-0.2, -0.15) is 5.26 Å². The van der Waals surface area contributed by atoms with Crippen molar-refractivity contribution in [3.63, 3.8) is 0 Å². The van der Waals surface area contributed by atoms with Crippen molar-refractivity contribution in [2.45, 2.75) is 11.8 Å². The molecule has 0 unspecified atom stereocenters. The Bertz CT molecular complexity index is 1220. The second-order valence-corrected chi connectivity index (χ2v) is 8.56. The number of hydrogen-bond donors (Lipinski definition) is 0. The van der Waals surface area contributed by atoms with Crippen molar-refractivity contribution in [1.82, 2.24) is 4.57 Å². The number of nitrogens with zero attached hydrogens (tertiary/aromatic N) is 2. The third-order valence-corrected chi connectivity index (χ3v) is 5.77. The highest BCUT2D eigenvalue weighted by Gasteiger charge is 2.17. The molecular formula is C18H13FN2O3S2. The second kappa shape index (κ2) is 6.52. The standard InChI is InChI=1S/C18H13FN2O3S2/c1-11-7-14(5-3-13(11)9-20)21-16(10-25-18(21)22)12-4-6-17(15(19)8-12)26(2,23)24/h3-8,10H,1-2H3. The van der Waals surface area contributed by atoms with E-state index in [1.165, 1.54) is 16.7 Å². The van der Waals surface area contributed by atoms with E-state index in [0.29, 0.717) is 28.1 Å². The van der Waals surface area contributed by atoms with Crippen molar-refractivity contribution < 1.29 is 12.8 Å². The Morgan fingerprint density at radius 2 is 1.92 bits per heavy atom. The second-order valence-electron chi connectivity index (χ2n) is 5.75. The summed E-state index contributed by atoms with van der Waals surface area (Å²) in [5.74, 6) is -0.869. The molecule has 3 rings (SSSR count). The van der Waals surface area contributed by atoms with Crippen LogP contribution < -0.4 is 4.87 Å². The van der Waals surface area contributed by atoms with Gasteiger partial charge in [0.25, 0.3) is 0 Å². The highest BCUT2D eigenvalue weighted by Crippen LogP contribution is 2.27. The minimum Gasteiger partial charge on any atom is -0.267 e. The maximum absolute atomic E-state index is 14.2. The lowest BCUT2D eigenvalue weighted by molar-refractivity contribution is 0.571. The summed E-state index contributed by atoms with van der Waals surface area (Å²) < 4.78 is 38.8. The fraction of sp³-hybridized carbons (Fsp3) is 0.111. The number of rotatable bonds is 3. The third kappa shape index (κ3) is 3.19. The molecule has 0 aliphatic heterocycles. The molecule has 0 bridgehead atoms. The lowest BCUT2D eigenvalue weighted by atomic mass is 10.1. The molecule has 132 valence electrons. The molecule has 0 radical (unpaired) electrons. The fourth-order valence-electron chi connectivity index (χ4n) is 2.62. The number of sulfone groups is 1. The van der Waals surface area contributed by atoms with Crippen LogP contribution in [0.25, 0.3) is 16.9 Å². The van der Waals surface area contributed by atoms with Crippen molar-refractivity contribution in [3.8, 4) is 23.0 Å². The van der Waals surface area contributed by atoms with Crippen molar-refractivity contribution >= 4 is 21.2 Å². The summed E-state index contributed by atoms with van der Waals surface area (Å²) in [5.41, 5.74) is 2.60. The van der Waals surface area contributed by atoms with Gasteiger partial charge in [0.15, 0.2) is 9.84 Å². The average molecular weight is 388 g/mol. The maximum Gasteiger partial charge on any atom is 0.312 e. The van der Waals surface area contributed by atoms with Crippen LogP contribution in [0.5, 0.6) is 0 Å². The summed E-state index contributed by atoms with van der Waals surface area (Å²) >= 11 is 0.954. The van der Waals surface area contributed by atoms with Gasteiger partial charge < -0.3 is 0 Å². The van der Waals surface area contributed by atoms with E-state index in [4.69, 9.17) is 5.26 Å². The molecule has 8 heteroatoms. The molecule has 0 aliphatic rings. The molecule has 0 fully saturated rings.